The lowest BCUT2D eigenvalue weighted by atomic mass is 10.1. The highest BCUT2D eigenvalue weighted by Crippen LogP contribution is 2.42. The van der Waals surface area contributed by atoms with Crippen molar-refractivity contribution in [2.45, 2.75) is 90.1 Å². The zero-order valence-electron chi connectivity index (χ0n) is 14.1. The lowest BCUT2D eigenvalue weighted by Gasteiger charge is -2.12. The number of ether oxygens (including phenoxy) is 1. The van der Waals surface area contributed by atoms with Gasteiger partial charge in [0.05, 0.1) is 18.7 Å². The Kier molecular flexibility index (Phi) is 12.9. The molecular formula is C16H33O5P. The van der Waals surface area contributed by atoms with E-state index in [0.717, 1.165) is 19.3 Å². The predicted molar refractivity (Wildman–Crippen MR) is 88.9 cm³/mol. The topological polar surface area (TPSA) is 83.8 Å². The number of hydrogen-bond donors (Lipinski definition) is 2. The molecule has 0 aromatic heterocycles. The molecule has 5 nitrogen and oxygen atoms in total. The molecule has 0 amide bonds. The van der Waals surface area contributed by atoms with E-state index in [-0.39, 0.29) is 6.42 Å². The number of unbranched alkanes of at least 4 members (excludes halogenated alkanes) is 9. The summed E-state index contributed by atoms with van der Waals surface area (Å²) in [6.45, 7) is 3.94. The average Bonchev–Trinajstić information content (AvgIpc) is 2.43. The SMILES string of the molecule is CCCCCCCCCCCCOC(=O)CC(C)P(=O)(O)O. The third kappa shape index (κ3) is 13.3. The van der Waals surface area contributed by atoms with Gasteiger partial charge in [-0.05, 0) is 6.42 Å². The third-order valence-corrected chi connectivity index (χ3v) is 5.13. The van der Waals surface area contributed by atoms with Gasteiger partial charge in [0.1, 0.15) is 0 Å². The van der Waals surface area contributed by atoms with Gasteiger partial charge >= 0.3 is 13.6 Å². The van der Waals surface area contributed by atoms with E-state index in [2.05, 4.69) is 6.92 Å². The van der Waals surface area contributed by atoms with Gasteiger partial charge in [-0.3, -0.25) is 9.36 Å². The smallest absolute Gasteiger partial charge is 0.328 e. The Morgan fingerprint density at radius 3 is 1.86 bits per heavy atom. The van der Waals surface area contributed by atoms with Crippen LogP contribution in [0.25, 0.3) is 0 Å². The molecule has 0 bridgehead atoms. The van der Waals surface area contributed by atoms with E-state index in [4.69, 9.17) is 14.5 Å². The van der Waals surface area contributed by atoms with Crippen LogP contribution in [0, 0.1) is 0 Å². The quantitative estimate of drug-likeness (QED) is 0.279. The molecule has 0 saturated carbocycles. The fourth-order valence-corrected chi connectivity index (χ4v) is 2.58. The van der Waals surface area contributed by atoms with Crippen LogP contribution in [0.1, 0.15) is 84.5 Å². The number of hydrogen-bond acceptors (Lipinski definition) is 3. The Balaban J connectivity index is 3.36. The van der Waals surface area contributed by atoms with Gasteiger partial charge in [0.2, 0.25) is 0 Å². The maximum absolute atomic E-state index is 11.4. The molecule has 0 rings (SSSR count). The number of carbonyl (C=O) groups is 1. The van der Waals surface area contributed by atoms with Crippen molar-refractivity contribution in [1.29, 1.82) is 0 Å². The second-order valence-corrected chi connectivity index (χ2v) is 8.10. The summed E-state index contributed by atoms with van der Waals surface area (Å²) in [6, 6.07) is 0. The summed E-state index contributed by atoms with van der Waals surface area (Å²) >= 11 is 0. The third-order valence-electron chi connectivity index (χ3n) is 3.80. The van der Waals surface area contributed by atoms with Gasteiger partial charge < -0.3 is 14.5 Å². The van der Waals surface area contributed by atoms with E-state index in [1.165, 1.54) is 51.9 Å². The average molecular weight is 336 g/mol. The normalized spacial score (nSPS) is 13.1. The Hall–Kier alpha value is -0.380. The molecule has 0 aromatic rings. The van der Waals surface area contributed by atoms with Gasteiger partial charge in [0.15, 0.2) is 0 Å². The van der Waals surface area contributed by atoms with Gasteiger partial charge in [0.25, 0.3) is 0 Å². The molecule has 2 N–H and O–H groups in total. The van der Waals surface area contributed by atoms with E-state index in [1.54, 1.807) is 0 Å². The molecule has 0 spiro atoms. The van der Waals surface area contributed by atoms with E-state index in [9.17, 15) is 9.36 Å². The predicted octanol–water partition coefficient (Wildman–Crippen LogP) is 4.41. The Morgan fingerprint density at radius 1 is 0.955 bits per heavy atom. The van der Waals surface area contributed by atoms with Gasteiger partial charge in [-0.25, -0.2) is 0 Å². The second kappa shape index (κ2) is 13.1. The highest BCUT2D eigenvalue weighted by atomic mass is 31.2. The van der Waals surface area contributed by atoms with Crippen LogP contribution < -0.4 is 0 Å². The van der Waals surface area contributed by atoms with E-state index >= 15 is 0 Å². The lowest BCUT2D eigenvalue weighted by molar-refractivity contribution is -0.143. The van der Waals surface area contributed by atoms with Crippen molar-refractivity contribution < 1.29 is 23.9 Å². The molecule has 0 saturated heterocycles. The fourth-order valence-electron chi connectivity index (χ4n) is 2.19. The van der Waals surface area contributed by atoms with E-state index in [1.807, 2.05) is 0 Å². The Bertz CT molecular complexity index is 326. The van der Waals surface area contributed by atoms with Crippen LogP contribution in [0.4, 0.5) is 0 Å². The lowest BCUT2D eigenvalue weighted by Crippen LogP contribution is -2.14. The summed E-state index contributed by atoms with van der Waals surface area (Å²) in [5.74, 6) is -0.522. The monoisotopic (exact) mass is 336 g/mol. The van der Waals surface area contributed by atoms with Crippen LogP contribution in [0.15, 0.2) is 0 Å². The van der Waals surface area contributed by atoms with Crippen molar-refractivity contribution in [3.8, 4) is 0 Å². The van der Waals surface area contributed by atoms with Crippen LogP contribution in [0.2, 0.25) is 0 Å². The first kappa shape index (κ1) is 21.6. The minimum absolute atomic E-state index is 0.220. The molecule has 0 aliphatic heterocycles. The van der Waals surface area contributed by atoms with Crippen LogP contribution >= 0.6 is 7.60 Å². The maximum Gasteiger partial charge on any atom is 0.328 e. The van der Waals surface area contributed by atoms with Crippen molar-refractivity contribution in [3.63, 3.8) is 0 Å². The van der Waals surface area contributed by atoms with Crippen molar-refractivity contribution in [3.05, 3.63) is 0 Å². The summed E-state index contributed by atoms with van der Waals surface area (Å²) < 4.78 is 15.9. The van der Waals surface area contributed by atoms with Gasteiger partial charge in [-0.2, -0.15) is 0 Å². The molecule has 1 atom stereocenters. The molecule has 0 heterocycles. The van der Waals surface area contributed by atoms with Gasteiger partial charge in [-0.1, -0.05) is 71.6 Å². The first-order valence-corrected chi connectivity index (χ1v) is 10.3. The van der Waals surface area contributed by atoms with Crippen LogP contribution in [0.5, 0.6) is 0 Å². The second-order valence-electron chi connectivity index (χ2n) is 6.04. The molecule has 132 valence electrons. The highest BCUT2D eigenvalue weighted by Gasteiger charge is 2.26. The van der Waals surface area contributed by atoms with E-state index < -0.39 is 19.2 Å². The molecule has 0 aliphatic carbocycles. The molecule has 0 aromatic carbocycles. The largest absolute Gasteiger partial charge is 0.466 e. The standard InChI is InChI=1S/C16H33O5P/c1-3-4-5-6-7-8-9-10-11-12-13-21-16(17)14-15(2)22(18,19)20/h15H,3-14H2,1-2H3,(H2,18,19,20). The zero-order valence-corrected chi connectivity index (χ0v) is 15.0. The van der Waals surface area contributed by atoms with Crippen LogP contribution in [-0.2, 0) is 14.1 Å². The fraction of sp³-hybridized carbons (Fsp3) is 0.938. The van der Waals surface area contributed by atoms with Crippen molar-refractivity contribution >= 4 is 13.6 Å². The van der Waals surface area contributed by atoms with Crippen molar-refractivity contribution in [2.75, 3.05) is 6.61 Å². The summed E-state index contributed by atoms with van der Waals surface area (Å²) in [4.78, 5) is 29.2. The molecular weight excluding hydrogens is 303 g/mol. The minimum atomic E-state index is -4.18. The first-order chi connectivity index (χ1) is 10.4. The van der Waals surface area contributed by atoms with E-state index in [0.29, 0.717) is 6.61 Å². The Labute approximate surface area is 135 Å². The zero-order chi connectivity index (χ0) is 16.8. The maximum atomic E-state index is 11.4. The number of carbonyl (C=O) groups excluding carboxylic acids is 1. The van der Waals surface area contributed by atoms with Crippen molar-refractivity contribution in [1.82, 2.24) is 0 Å². The van der Waals surface area contributed by atoms with Crippen LogP contribution in [-0.4, -0.2) is 28.0 Å². The molecule has 0 fully saturated rings. The molecule has 0 aliphatic rings. The summed E-state index contributed by atoms with van der Waals surface area (Å²) in [6.07, 6.45) is 11.9. The summed E-state index contributed by atoms with van der Waals surface area (Å²) in [5.41, 5.74) is -0.965. The van der Waals surface area contributed by atoms with Crippen LogP contribution in [0.3, 0.4) is 0 Å². The van der Waals surface area contributed by atoms with Gasteiger partial charge in [0, 0.05) is 0 Å². The van der Waals surface area contributed by atoms with Crippen molar-refractivity contribution in [2.24, 2.45) is 0 Å². The molecule has 6 heteroatoms. The molecule has 22 heavy (non-hydrogen) atoms. The summed E-state index contributed by atoms with van der Waals surface area (Å²) in [5, 5.41) is 0. The number of rotatable bonds is 14. The van der Waals surface area contributed by atoms with Gasteiger partial charge in [-0.15, -0.1) is 0 Å². The Morgan fingerprint density at radius 2 is 1.41 bits per heavy atom. The number of esters is 1. The summed E-state index contributed by atoms with van der Waals surface area (Å²) in [7, 11) is -4.18. The minimum Gasteiger partial charge on any atom is -0.466 e. The highest BCUT2D eigenvalue weighted by molar-refractivity contribution is 7.52. The molecule has 1 unspecified atom stereocenters. The molecule has 0 radical (unpaired) electrons. The first-order valence-electron chi connectivity index (χ1n) is 8.58.